The normalized spacial score (nSPS) is 15.0. The average molecular weight is 374 g/mol. The molecule has 0 saturated carbocycles. The quantitative estimate of drug-likeness (QED) is 0.747. The summed E-state index contributed by atoms with van der Waals surface area (Å²) in [6.45, 7) is 1.79. The fourth-order valence-electron chi connectivity index (χ4n) is 3.21. The molecule has 7 heteroatoms. The zero-order valence-electron chi connectivity index (χ0n) is 15.4. The van der Waals surface area contributed by atoms with Crippen LogP contribution < -0.4 is 0 Å². The van der Waals surface area contributed by atoms with E-state index in [1.165, 1.54) is 12.8 Å². The maximum absolute atomic E-state index is 12.6. The fraction of sp³-hybridized carbons (Fsp3) is 0.579. The van der Waals surface area contributed by atoms with E-state index in [0.717, 1.165) is 55.6 Å². The summed E-state index contributed by atoms with van der Waals surface area (Å²) in [4.78, 5) is 23.7. The van der Waals surface area contributed by atoms with Crippen LogP contribution in [0.4, 0.5) is 0 Å². The van der Waals surface area contributed by atoms with Crippen LogP contribution >= 0.6 is 11.8 Å². The Hall–Kier alpha value is -1.89. The lowest BCUT2D eigenvalue weighted by Gasteiger charge is -2.20. The molecule has 0 N–H and O–H groups in total. The highest BCUT2D eigenvalue weighted by Crippen LogP contribution is 2.14. The Labute approximate surface area is 159 Å². The smallest absolute Gasteiger partial charge is 0.223 e. The second-order valence-electron chi connectivity index (χ2n) is 6.58. The number of hydrogen-bond acceptors (Lipinski definition) is 5. The number of rotatable bonds is 7. The van der Waals surface area contributed by atoms with E-state index in [9.17, 15) is 4.79 Å². The number of nitrogens with zero attached hydrogens (tertiary/aromatic N) is 5. The summed E-state index contributed by atoms with van der Waals surface area (Å²) in [7, 11) is 0. The van der Waals surface area contributed by atoms with Crippen molar-refractivity contribution in [1.29, 1.82) is 0 Å². The fourth-order valence-corrected chi connectivity index (χ4v) is 3.60. The largest absolute Gasteiger partial charge is 0.343 e. The first-order valence-corrected chi connectivity index (χ1v) is 10.8. The lowest BCUT2D eigenvalue weighted by Crippen LogP contribution is -2.32. The number of hydrogen-bond donors (Lipinski definition) is 0. The van der Waals surface area contributed by atoms with Gasteiger partial charge in [-0.15, -0.1) is 5.10 Å². The van der Waals surface area contributed by atoms with Gasteiger partial charge >= 0.3 is 0 Å². The minimum Gasteiger partial charge on any atom is -0.343 e. The van der Waals surface area contributed by atoms with Gasteiger partial charge in [0.25, 0.3) is 0 Å². The number of thioether (sulfide) groups is 1. The molecule has 3 rings (SSSR count). The van der Waals surface area contributed by atoms with Gasteiger partial charge in [0.15, 0.2) is 11.6 Å². The van der Waals surface area contributed by atoms with Crippen molar-refractivity contribution in [3.8, 4) is 5.82 Å². The first-order valence-electron chi connectivity index (χ1n) is 9.41. The number of likely N-dealkylation sites (tertiary alicyclic amines) is 1. The van der Waals surface area contributed by atoms with Crippen LogP contribution in [0.3, 0.4) is 0 Å². The molecule has 0 radical (unpaired) electrons. The first-order chi connectivity index (χ1) is 12.8. The van der Waals surface area contributed by atoms with Crippen LogP contribution in [0.15, 0.2) is 24.4 Å². The second kappa shape index (κ2) is 9.71. The van der Waals surface area contributed by atoms with E-state index < -0.39 is 0 Å². The van der Waals surface area contributed by atoms with Gasteiger partial charge in [0.2, 0.25) is 5.91 Å². The molecule has 6 nitrogen and oxygen atoms in total. The van der Waals surface area contributed by atoms with E-state index in [4.69, 9.17) is 0 Å². The summed E-state index contributed by atoms with van der Waals surface area (Å²) in [5.41, 5.74) is 0. The van der Waals surface area contributed by atoms with Crippen LogP contribution in [0.1, 0.15) is 43.8 Å². The van der Waals surface area contributed by atoms with E-state index in [0.29, 0.717) is 12.8 Å². The Morgan fingerprint density at radius 1 is 1.15 bits per heavy atom. The molecule has 140 valence electrons. The molecule has 0 unspecified atom stereocenters. The molecule has 2 aromatic rings. The highest BCUT2D eigenvalue weighted by molar-refractivity contribution is 7.98. The molecule has 3 heterocycles. The highest BCUT2D eigenvalue weighted by Gasteiger charge is 2.18. The van der Waals surface area contributed by atoms with E-state index >= 15 is 0 Å². The summed E-state index contributed by atoms with van der Waals surface area (Å²) in [5.74, 6) is 3.62. The van der Waals surface area contributed by atoms with Gasteiger partial charge in [-0.25, -0.2) is 9.97 Å². The van der Waals surface area contributed by atoms with E-state index in [1.54, 1.807) is 22.6 Å². The minimum absolute atomic E-state index is 0.230. The van der Waals surface area contributed by atoms with Crippen LogP contribution in [0.2, 0.25) is 0 Å². The predicted octanol–water partition coefficient (Wildman–Crippen LogP) is 2.90. The minimum atomic E-state index is 0.230. The Morgan fingerprint density at radius 3 is 2.65 bits per heavy atom. The SMILES string of the molecule is CSCCc1nc(CCC(=O)N2CCCCCC2)n(-c2ccccn2)n1. The highest BCUT2D eigenvalue weighted by atomic mass is 32.2. The summed E-state index contributed by atoms with van der Waals surface area (Å²) in [6.07, 6.45) is 10.4. The van der Waals surface area contributed by atoms with Crippen molar-refractivity contribution in [1.82, 2.24) is 24.6 Å². The standard InChI is InChI=1S/C19H27N5OS/c1-26-15-11-16-21-18(24(22-16)17-8-4-5-12-20-17)9-10-19(25)23-13-6-2-3-7-14-23/h4-5,8,12H,2-3,6-7,9-11,13-15H2,1H3. The van der Waals surface area contributed by atoms with Crippen LogP contribution in [-0.4, -0.2) is 55.7 Å². The molecule has 1 aliphatic rings. The van der Waals surface area contributed by atoms with Crippen molar-refractivity contribution < 1.29 is 4.79 Å². The average Bonchev–Trinajstić information content (AvgIpc) is 2.88. The maximum atomic E-state index is 12.6. The number of aromatic nitrogens is 4. The molecule has 1 amide bonds. The molecule has 26 heavy (non-hydrogen) atoms. The van der Waals surface area contributed by atoms with Crippen molar-refractivity contribution in [2.24, 2.45) is 0 Å². The van der Waals surface area contributed by atoms with Crippen molar-refractivity contribution in [2.45, 2.75) is 44.9 Å². The Bertz CT molecular complexity index is 695. The Kier molecular flexibility index (Phi) is 7.05. The Morgan fingerprint density at radius 2 is 1.96 bits per heavy atom. The van der Waals surface area contributed by atoms with Gasteiger partial charge in [-0.2, -0.15) is 16.4 Å². The van der Waals surface area contributed by atoms with Crippen molar-refractivity contribution >= 4 is 17.7 Å². The van der Waals surface area contributed by atoms with Crippen LogP contribution in [0, 0.1) is 0 Å². The molecule has 2 aromatic heterocycles. The van der Waals surface area contributed by atoms with Crippen LogP contribution in [0.5, 0.6) is 0 Å². The second-order valence-corrected chi connectivity index (χ2v) is 7.57. The lowest BCUT2D eigenvalue weighted by molar-refractivity contribution is -0.131. The van der Waals surface area contributed by atoms with Gasteiger partial charge in [0.1, 0.15) is 5.82 Å². The zero-order chi connectivity index (χ0) is 18.2. The number of aryl methyl sites for hydroxylation is 2. The van der Waals surface area contributed by atoms with Gasteiger partial charge in [-0.05, 0) is 31.2 Å². The molecule has 0 spiro atoms. The molecule has 0 bridgehead atoms. The van der Waals surface area contributed by atoms with Crippen molar-refractivity contribution in [3.63, 3.8) is 0 Å². The number of carbonyl (C=O) groups is 1. The van der Waals surface area contributed by atoms with Crippen LogP contribution in [-0.2, 0) is 17.6 Å². The molecule has 0 atom stereocenters. The number of pyridine rings is 1. The van der Waals surface area contributed by atoms with Crippen molar-refractivity contribution in [3.05, 3.63) is 36.0 Å². The summed E-state index contributed by atoms with van der Waals surface area (Å²) >= 11 is 1.78. The predicted molar refractivity (Wildman–Crippen MR) is 105 cm³/mol. The molecular formula is C19H27N5OS. The third-order valence-corrected chi connectivity index (χ3v) is 5.25. The molecule has 1 aliphatic heterocycles. The maximum Gasteiger partial charge on any atom is 0.223 e. The van der Waals surface area contributed by atoms with Crippen LogP contribution in [0.25, 0.3) is 5.82 Å². The molecule has 0 aliphatic carbocycles. The summed E-state index contributed by atoms with van der Waals surface area (Å²) in [6, 6.07) is 5.75. The third-order valence-electron chi connectivity index (χ3n) is 4.64. The van der Waals surface area contributed by atoms with Gasteiger partial charge in [0.05, 0.1) is 0 Å². The third kappa shape index (κ3) is 5.06. The van der Waals surface area contributed by atoms with E-state index in [-0.39, 0.29) is 5.91 Å². The van der Waals surface area contributed by atoms with Gasteiger partial charge in [-0.3, -0.25) is 4.79 Å². The van der Waals surface area contributed by atoms with Gasteiger partial charge in [-0.1, -0.05) is 18.9 Å². The van der Waals surface area contributed by atoms with E-state index in [2.05, 4.69) is 21.3 Å². The van der Waals surface area contributed by atoms with Gasteiger partial charge in [0, 0.05) is 44.3 Å². The number of amides is 1. The first kappa shape index (κ1) is 18.9. The van der Waals surface area contributed by atoms with Crippen molar-refractivity contribution in [2.75, 3.05) is 25.1 Å². The van der Waals surface area contributed by atoms with E-state index in [1.807, 2.05) is 23.1 Å². The molecule has 0 aromatic carbocycles. The van der Waals surface area contributed by atoms with Gasteiger partial charge < -0.3 is 4.90 Å². The summed E-state index contributed by atoms with van der Waals surface area (Å²) in [5, 5.41) is 4.63. The zero-order valence-corrected chi connectivity index (χ0v) is 16.2. The molecule has 1 fully saturated rings. The number of carbonyl (C=O) groups excluding carboxylic acids is 1. The topological polar surface area (TPSA) is 63.9 Å². The molecule has 1 saturated heterocycles. The summed E-state index contributed by atoms with van der Waals surface area (Å²) < 4.78 is 1.80. The monoisotopic (exact) mass is 373 g/mol. The molecular weight excluding hydrogens is 346 g/mol. The Balaban J connectivity index is 1.71. The lowest BCUT2D eigenvalue weighted by atomic mass is 10.2.